The SMILES string of the molecule is C=CCOc1cccc(NC(=S)NCc2ccccc2OC)c1. The van der Waals surface area contributed by atoms with E-state index in [1.807, 2.05) is 48.5 Å². The summed E-state index contributed by atoms with van der Waals surface area (Å²) >= 11 is 5.33. The summed E-state index contributed by atoms with van der Waals surface area (Å²) in [4.78, 5) is 0. The summed E-state index contributed by atoms with van der Waals surface area (Å²) in [5.41, 5.74) is 1.91. The molecule has 23 heavy (non-hydrogen) atoms. The fourth-order valence-corrected chi connectivity index (χ4v) is 2.21. The number of methoxy groups -OCH3 is 1. The van der Waals surface area contributed by atoms with E-state index in [0.29, 0.717) is 18.3 Å². The lowest BCUT2D eigenvalue weighted by Crippen LogP contribution is -2.28. The molecule has 5 heteroatoms. The molecule has 0 aromatic heterocycles. The fourth-order valence-electron chi connectivity index (χ4n) is 2.02. The van der Waals surface area contributed by atoms with Gasteiger partial charge < -0.3 is 20.1 Å². The number of nitrogens with one attached hydrogen (secondary N) is 2. The number of benzene rings is 2. The number of thiocarbonyl (C=S) groups is 1. The molecule has 0 saturated heterocycles. The van der Waals surface area contributed by atoms with Gasteiger partial charge in [0.15, 0.2) is 5.11 Å². The minimum atomic E-state index is 0.472. The van der Waals surface area contributed by atoms with Crippen molar-refractivity contribution >= 4 is 23.0 Å². The summed E-state index contributed by atoms with van der Waals surface area (Å²) in [6.07, 6.45) is 1.71. The molecule has 0 spiro atoms. The van der Waals surface area contributed by atoms with Gasteiger partial charge in [-0.2, -0.15) is 0 Å². The Hall–Kier alpha value is -2.53. The van der Waals surface area contributed by atoms with E-state index in [4.69, 9.17) is 21.7 Å². The summed E-state index contributed by atoms with van der Waals surface area (Å²) < 4.78 is 10.8. The minimum absolute atomic E-state index is 0.472. The molecule has 2 aromatic carbocycles. The molecule has 120 valence electrons. The van der Waals surface area contributed by atoms with E-state index in [9.17, 15) is 0 Å². The van der Waals surface area contributed by atoms with Crippen molar-refractivity contribution in [3.63, 3.8) is 0 Å². The standard InChI is InChI=1S/C18H20N2O2S/c1-3-11-22-16-9-6-8-15(12-16)20-18(23)19-13-14-7-4-5-10-17(14)21-2/h3-10,12H,1,11,13H2,2H3,(H2,19,20,23). The Bertz CT molecular complexity index is 674. The van der Waals surface area contributed by atoms with Gasteiger partial charge in [-0.05, 0) is 30.4 Å². The van der Waals surface area contributed by atoms with Crippen LogP contribution in [0, 0.1) is 0 Å². The van der Waals surface area contributed by atoms with Crippen molar-refractivity contribution in [3.8, 4) is 11.5 Å². The molecule has 0 amide bonds. The highest BCUT2D eigenvalue weighted by atomic mass is 32.1. The molecule has 0 fully saturated rings. The third-order valence-corrected chi connectivity index (χ3v) is 3.34. The Kier molecular flexibility index (Phi) is 6.44. The zero-order valence-corrected chi connectivity index (χ0v) is 13.9. The first kappa shape index (κ1) is 16.8. The number of hydrogen-bond donors (Lipinski definition) is 2. The van der Waals surface area contributed by atoms with Gasteiger partial charge in [0.2, 0.25) is 0 Å². The predicted octanol–water partition coefficient (Wildman–Crippen LogP) is 3.75. The van der Waals surface area contributed by atoms with Crippen molar-refractivity contribution in [3.05, 3.63) is 66.7 Å². The number of rotatable bonds is 7. The molecule has 0 atom stereocenters. The number of anilines is 1. The van der Waals surface area contributed by atoms with Gasteiger partial charge in [0.25, 0.3) is 0 Å². The van der Waals surface area contributed by atoms with Crippen LogP contribution in [0.4, 0.5) is 5.69 Å². The summed E-state index contributed by atoms with van der Waals surface area (Å²) in [6, 6.07) is 15.4. The summed E-state index contributed by atoms with van der Waals surface area (Å²) in [5, 5.41) is 6.85. The molecule has 0 unspecified atom stereocenters. The molecule has 0 bridgehead atoms. The number of ether oxygens (including phenoxy) is 2. The Morgan fingerprint density at radius 3 is 2.83 bits per heavy atom. The van der Waals surface area contributed by atoms with Gasteiger partial charge in [-0.1, -0.05) is 36.9 Å². The van der Waals surface area contributed by atoms with E-state index < -0.39 is 0 Å². The molecule has 4 nitrogen and oxygen atoms in total. The summed E-state index contributed by atoms with van der Waals surface area (Å²) in [7, 11) is 1.66. The van der Waals surface area contributed by atoms with Crippen molar-refractivity contribution in [2.45, 2.75) is 6.54 Å². The Morgan fingerprint density at radius 2 is 2.04 bits per heavy atom. The summed E-state index contributed by atoms with van der Waals surface area (Å²) in [5.74, 6) is 1.60. The lowest BCUT2D eigenvalue weighted by molar-refractivity contribution is 0.363. The van der Waals surface area contributed by atoms with E-state index in [1.54, 1.807) is 13.2 Å². The van der Waals surface area contributed by atoms with Gasteiger partial charge in [-0.3, -0.25) is 0 Å². The van der Waals surface area contributed by atoms with Crippen LogP contribution in [0.15, 0.2) is 61.2 Å². The maximum atomic E-state index is 5.50. The largest absolute Gasteiger partial charge is 0.496 e. The van der Waals surface area contributed by atoms with E-state index in [1.165, 1.54) is 0 Å². The molecule has 2 aromatic rings. The van der Waals surface area contributed by atoms with E-state index >= 15 is 0 Å². The van der Waals surface area contributed by atoms with Crippen molar-refractivity contribution in [1.82, 2.24) is 5.32 Å². The Labute approximate surface area is 142 Å². The van der Waals surface area contributed by atoms with Crippen LogP contribution >= 0.6 is 12.2 Å². The second-order valence-corrected chi connectivity index (χ2v) is 5.16. The zero-order chi connectivity index (χ0) is 16.5. The average molecular weight is 328 g/mol. The Morgan fingerprint density at radius 1 is 1.22 bits per heavy atom. The first-order chi connectivity index (χ1) is 11.2. The Balaban J connectivity index is 1.90. The molecular formula is C18H20N2O2S. The fraction of sp³-hybridized carbons (Fsp3) is 0.167. The van der Waals surface area contributed by atoms with Crippen molar-refractivity contribution in [1.29, 1.82) is 0 Å². The van der Waals surface area contributed by atoms with Gasteiger partial charge in [-0.25, -0.2) is 0 Å². The van der Waals surface area contributed by atoms with E-state index in [0.717, 1.165) is 22.7 Å². The minimum Gasteiger partial charge on any atom is -0.496 e. The third-order valence-electron chi connectivity index (χ3n) is 3.09. The molecular weight excluding hydrogens is 308 g/mol. The second-order valence-electron chi connectivity index (χ2n) is 4.75. The van der Waals surface area contributed by atoms with Gasteiger partial charge in [0, 0.05) is 23.9 Å². The van der Waals surface area contributed by atoms with Crippen LogP contribution < -0.4 is 20.1 Å². The second kappa shape index (κ2) is 8.80. The highest BCUT2D eigenvalue weighted by Crippen LogP contribution is 2.18. The van der Waals surface area contributed by atoms with Crippen molar-refractivity contribution in [2.24, 2.45) is 0 Å². The zero-order valence-electron chi connectivity index (χ0n) is 13.0. The molecule has 2 N–H and O–H groups in total. The highest BCUT2D eigenvalue weighted by molar-refractivity contribution is 7.80. The highest BCUT2D eigenvalue weighted by Gasteiger charge is 2.03. The maximum Gasteiger partial charge on any atom is 0.171 e. The first-order valence-electron chi connectivity index (χ1n) is 7.23. The molecule has 0 heterocycles. The van der Waals surface area contributed by atoms with Crippen LogP contribution in [0.25, 0.3) is 0 Å². The molecule has 0 radical (unpaired) electrons. The molecule has 0 saturated carbocycles. The average Bonchev–Trinajstić information content (AvgIpc) is 2.58. The van der Waals surface area contributed by atoms with Crippen LogP contribution in [0.3, 0.4) is 0 Å². The molecule has 0 aliphatic rings. The van der Waals surface area contributed by atoms with Crippen LogP contribution in [0.1, 0.15) is 5.56 Å². The smallest absolute Gasteiger partial charge is 0.171 e. The maximum absolute atomic E-state index is 5.50. The van der Waals surface area contributed by atoms with Gasteiger partial charge >= 0.3 is 0 Å². The van der Waals surface area contributed by atoms with Gasteiger partial charge in [-0.15, -0.1) is 0 Å². The number of para-hydroxylation sites is 1. The molecule has 2 rings (SSSR count). The first-order valence-corrected chi connectivity index (χ1v) is 7.64. The predicted molar refractivity (Wildman–Crippen MR) is 98.2 cm³/mol. The van der Waals surface area contributed by atoms with Crippen LogP contribution in [0.2, 0.25) is 0 Å². The topological polar surface area (TPSA) is 42.5 Å². The van der Waals surface area contributed by atoms with Crippen LogP contribution in [-0.2, 0) is 6.54 Å². The lowest BCUT2D eigenvalue weighted by atomic mass is 10.2. The summed E-state index contributed by atoms with van der Waals surface area (Å²) in [6.45, 7) is 4.69. The normalized spacial score (nSPS) is 9.78. The van der Waals surface area contributed by atoms with Gasteiger partial charge in [0.05, 0.1) is 7.11 Å². The van der Waals surface area contributed by atoms with Crippen LogP contribution in [-0.4, -0.2) is 18.8 Å². The lowest BCUT2D eigenvalue weighted by Gasteiger charge is -2.13. The van der Waals surface area contributed by atoms with Crippen molar-refractivity contribution in [2.75, 3.05) is 19.0 Å². The number of hydrogen-bond acceptors (Lipinski definition) is 3. The van der Waals surface area contributed by atoms with Crippen LogP contribution in [0.5, 0.6) is 11.5 Å². The molecule has 0 aliphatic carbocycles. The molecule has 0 aliphatic heterocycles. The van der Waals surface area contributed by atoms with Gasteiger partial charge in [0.1, 0.15) is 18.1 Å². The monoisotopic (exact) mass is 328 g/mol. The van der Waals surface area contributed by atoms with E-state index in [2.05, 4.69) is 17.2 Å². The van der Waals surface area contributed by atoms with Crippen molar-refractivity contribution < 1.29 is 9.47 Å². The third kappa shape index (κ3) is 5.30. The quantitative estimate of drug-likeness (QED) is 0.598. The van der Waals surface area contributed by atoms with E-state index in [-0.39, 0.29) is 0 Å².